The van der Waals surface area contributed by atoms with Gasteiger partial charge >= 0.3 is 0 Å². The first-order chi connectivity index (χ1) is 6.88. The van der Waals surface area contributed by atoms with E-state index >= 15 is 0 Å². The zero-order chi connectivity index (χ0) is 10.2. The van der Waals surface area contributed by atoms with Crippen LogP contribution in [0.15, 0.2) is 48.6 Å². The molecule has 0 aliphatic carbocycles. The first-order valence-corrected chi connectivity index (χ1v) is 4.44. The molecule has 0 aromatic heterocycles. The van der Waals surface area contributed by atoms with Crippen LogP contribution in [0.4, 0.5) is 0 Å². The van der Waals surface area contributed by atoms with E-state index in [9.17, 15) is 4.79 Å². The molecule has 0 aliphatic rings. The Bertz CT molecular complexity index is 339. The lowest BCUT2D eigenvalue weighted by molar-refractivity contribution is -0.104. The highest BCUT2D eigenvalue weighted by Gasteiger charge is 1.94. The Hall–Kier alpha value is -1.83. The molecule has 0 bridgehead atoms. The van der Waals surface area contributed by atoms with E-state index in [2.05, 4.69) is 5.32 Å². The van der Waals surface area contributed by atoms with Crippen LogP contribution in [0.3, 0.4) is 0 Å². The van der Waals surface area contributed by atoms with Crippen LogP contribution in [0, 0.1) is 0 Å². The van der Waals surface area contributed by atoms with Crippen molar-refractivity contribution in [2.75, 3.05) is 7.05 Å². The Kier molecular flexibility index (Phi) is 4.21. The summed E-state index contributed by atoms with van der Waals surface area (Å²) in [5.74, 6) is 0. The third-order valence-corrected chi connectivity index (χ3v) is 1.81. The zero-order valence-corrected chi connectivity index (χ0v) is 8.10. The average Bonchev–Trinajstić information content (AvgIpc) is 2.26. The Morgan fingerprint density at radius 2 is 1.93 bits per heavy atom. The Morgan fingerprint density at radius 3 is 2.50 bits per heavy atom. The van der Waals surface area contributed by atoms with Crippen LogP contribution in [0.2, 0.25) is 0 Å². The lowest BCUT2D eigenvalue weighted by Crippen LogP contribution is -2.03. The predicted molar refractivity (Wildman–Crippen MR) is 58.7 cm³/mol. The molecule has 72 valence electrons. The third kappa shape index (κ3) is 2.90. The maximum atomic E-state index is 10.1. The van der Waals surface area contributed by atoms with Gasteiger partial charge in [0.05, 0.1) is 0 Å². The molecule has 2 nitrogen and oxygen atoms in total. The molecule has 0 atom stereocenters. The molecular weight excluding hydrogens is 174 g/mol. The molecule has 0 saturated heterocycles. The number of hydrogen-bond donors (Lipinski definition) is 1. The molecule has 2 heteroatoms. The molecular formula is C12H13NO. The first-order valence-electron chi connectivity index (χ1n) is 4.44. The van der Waals surface area contributed by atoms with E-state index in [0.717, 1.165) is 17.5 Å². The van der Waals surface area contributed by atoms with Gasteiger partial charge in [0, 0.05) is 12.7 Å². The van der Waals surface area contributed by atoms with Gasteiger partial charge in [0.15, 0.2) is 0 Å². The molecule has 1 rings (SSSR count). The van der Waals surface area contributed by atoms with Crippen LogP contribution in [0.25, 0.3) is 5.70 Å². The van der Waals surface area contributed by atoms with Gasteiger partial charge in [-0.25, -0.2) is 0 Å². The minimum absolute atomic E-state index is 0.759. The highest BCUT2D eigenvalue weighted by atomic mass is 16.1. The van der Waals surface area contributed by atoms with Crippen molar-refractivity contribution in [3.63, 3.8) is 0 Å². The highest BCUT2D eigenvalue weighted by molar-refractivity contribution is 5.69. The summed E-state index contributed by atoms with van der Waals surface area (Å²) >= 11 is 0. The van der Waals surface area contributed by atoms with Crippen LogP contribution in [-0.2, 0) is 4.79 Å². The number of hydrogen-bond acceptors (Lipinski definition) is 2. The van der Waals surface area contributed by atoms with E-state index < -0.39 is 0 Å². The second-order valence-electron chi connectivity index (χ2n) is 2.72. The van der Waals surface area contributed by atoms with Gasteiger partial charge in [0.2, 0.25) is 0 Å². The summed E-state index contributed by atoms with van der Waals surface area (Å²) in [4.78, 5) is 10.1. The van der Waals surface area contributed by atoms with Gasteiger partial charge in [-0.3, -0.25) is 4.79 Å². The summed E-state index contributed by atoms with van der Waals surface area (Å²) in [6, 6.07) is 9.94. The number of nitrogens with one attached hydrogen (secondary N) is 1. The van der Waals surface area contributed by atoms with E-state index in [1.165, 1.54) is 6.08 Å². The van der Waals surface area contributed by atoms with E-state index in [-0.39, 0.29) is 0 Å². The number of allylic oxidation sites excluding steroid dienone is 3. The fourth-order valence-electron chi connectivity index (χ4n) is 1.14. The Balaban J connectivity index is 2.87. The largest absolute Gasteiger partial charge is 0.388 e. The molecule has 0 heterocycles. The monoisotopic (exact) mass is 187 g/mol. The average molecular weight is 187 g/mol. The van der Waals surface area contributed by atoms with E-state index in [1.807, 2.05) is 43.5 Å². The van der Waals surface area contributed by atoms with Crippen molar-refractivity contribution < 1.29 is 4.79 Å². The summed E-state index contributed by atoms with van der Waals surface area (Å²) < 4.78 is 0. The fourth-order valence-corrected chi connectivity index (χ4v) is 1.14. The zero-order valence-electron chi connectivity index (χ0n) is 8.10. The van der Waals surface area contributed by atoms with Crippen LogP contribution in [0.1, 0.15) is 5.56 Å². The summed E-state index contributed by atoms with van der Waals surface area (Å²) in [5, 5.41) is 3.07. The fraction of sp³-hybridized carbons (Fsp3) is 0.0833. The normalized spacial score (nSPS) is 11.6. The molecule has 0 aliphatic heterocycles. The van der Waals surface area contributed by atoms with E-state index in [4.69, 9.17) is 0 Å². The van der Waals surface area contributed by atoms with Crippen LogP contribution in [-0.4, -0.2) is 13.3 Å². The van der Waals surface area contributed by atoms with Crippen molar-refractivity contribution in [2.24, 2.45) is 0 Å². The number of rotatable bonds is 4. The molecule has 14 heavy (non-hydrogen) atoms. The molecule has 1 N–H and O–H groups in total. The molecule has 0 radical (unpaired) electrons. The number of aldehydes is 1. The van der Waals surface area contributed by atoms with Gasteiger partial charge in [-0.2, -0.15) is 0 Å². The van der Waals surface area contributed by atoms with E-state index in [0.29, 0.717) is 0 Å². The molecule has 1 aromatic rings. The number of carbonyl (C=O) groups is 1. The lowest BCUT2D eigenvalue weighted by atomic mass is 10.1. The topological polar surface area (TPSA) is 29.1 Å². The SMILES string of the molecule is CN/C(=C\C=C/C=O)c1ccccc1. The van der Waals surface area contributed by atoms with Gasteiger partial charge in [-0.1, -0.05) is 36.4 Å². The summed E-state index contributed by atoms with van der Waals surface area (Å²) in [6.45, 7) is 0. The van der Waals surface area contributed by atoms with Crippen molar-refractivity contribution in [1.29, 1.82) is 0 Å². The molecule has 0 spiro atoms. The second kappa shape index (κ2) is 5.75. The maximum absolute atomic E-state index is 10.1. The van der Waals surface area contributed by atoms with Crippen LogP contribution < -0.4 is 5.32 Å². The van der Waals surface area contributed by atoms with Gasteiger partial charge < -0.3 is 5.32 Å². The summed E-state index contributed by atoms with van der Waals surface area (Å²) in [7, 11) is 1.85. The summed E-state index contributed by atoms with van der Waals surface area (Å²) in [6.07, 6.45) is 5.80. The van der Waals surface area contributed by atoms with E-state index in [1.54, 1.807) is 6.08 Å². The highest BCUT2D eigenvalue weighted by Crippen LogP contribution is 2.09. The van der Waals surface area contributed by atoms with Crippen molar-refractivity contribution in [3.05, 3.63) is 54.1 Å². The minimum Gasteiger partial charge on any atom is -0.388 e. The standard InChI is InChI=1S/C12H13NO/c1-13-12(9-5-6-10-14)11-7-3-2-4-8-11/h2-10,13H,1H3/b6-5-,12-9-. The van der Waals surface area contributed by atoms with Crippen molar-refractivity contribution in [2.45, 2.75) is 0 Å². The molecule has 0 amide bonds. The summed E-state index contributed by atoms with van der Waals surface area (Å²) in [5.41, 5.74) is 2.09. The maximum Gasteiger partial charge on any atom is 0.142 e. The van der Waals surface area contributed by atoms with Crippen molar-refractivity contribution in [3.8, 4) is 0 Å². The van der Waals surface area contributed by atoms with Crippen LogP contribution >= 0.6 is 0 Å². The second-order valence-corrected chi connectivity index (χ2v) is 2.72. The molecule has 0 saturated carbocycles. The number of benzene rings is 1. The quantitative estimate of drug-likeness (QED) is 0.444. The third-order valence-electron chi connectivity index (χ3n) is 1.81. The lowest BCUT2D eigenvalue weighted by Gasteiger charge is -2.04. The minimum atomic E-state index is 0.759. The molecule has 1 aromatic carbocycles. The Morgan fingerprint density at radius 1 is 1.21 bits per heavy atom. The smallest absolute Gasteiger partial charge is 0.142 e. The van der Waals surface area contributed by atoms with Gasteiger partial charge in [0.25, 0.3) is 0 Å². The molecule has 0 fully saturated rings. The Labute approximate surface area is 84.0 Å². The van der Waals surface area contributed by atoms with Gasteiger partial charge in [-0.05, 0) is 17.7 Å². The van der Waals surface area contributed by atoms with Crippen molar-refractivity contribution in [1.82, 2.24) is 5.32 Å². The molecule has 0 unspecified atom stereocenters. The van der Waals surface area contributed by atoms with Gasteiger partial charge in [0.1, 0.15) is 6.29 Å². The number of carbonyl (C=O) groups excluding carboxylic acids is 1. The van der Waals surface area contributed by atoms with Crippen molar-refractivity contribution >= 4 is 12.0 Å². The predicted octanol–water partition coefficient (Wildman–Crippen LogP) is 2.00. The van der Waals surface area contributed by atoms with Crippen LogP contribution in [0.5, 0.6) is 0 Å². The first kappa shape index (κ1) is 10.3. The van der Waals surface area contributed by atoms with Gasteiger partial charge in [-0.15, -0.1) is 0 Å².